The maximum Gasteiger partial charge on any atom is 0.321 e. The van der Waals surface area contributed by atoms with Gasteiger partial charge >= 0.3 is 12.4 Å². The summed E-state index contributed by atoms with van der Waals surface area (Å²) >= 11 is 6.71. The molecular weight excluding hydrogens is 914 g/mol. The number of halogens is 9. The Morgan fingerprint density at radius 2 is 1.71 bits per heavy atom. The van der Waals surface area contributed by atoms with Crippen LogP contribution in [0.15, 0.2) is 46.9 Å². The van der Waals surface area contributed by atoms with Gasteiger partial charge in [0.05, 0.1) is 32.9 Å². The largest absolute Gasteiger partial charge is 0.402 e. The van der Waals surface area contributed by atoms with Crippen molar-refractivity contribution in [2.75, 3.05) is 5.32 Å². The number of fused-ring (bicyclic) bond motifs is 4. The molecular formula is C42H34ClF8N9O4S. The third kappa shape index (κ3) is 7.95. The first kappa shape index (κ1) is 44.1. The third-order valence-electron chi connectivity index (χ3n) is 11.7. The number of alkyl halides is 6. The standard InChI is InChI=1S/C42H34ClF8N9O4S/c1-41(2,65(62,63)22-5-6-22)11-10-21-4-7-23(24-8-9-27(43)31-34(24)59(3)58-38(31)54-40-56-55-39(64-40)37(48)49)32(52-21)28(14-18-12-19(44)15-20(45)13-18)53-29(61)17-60-35-30(33(57-60)36(46)47)25-16-26(25)42(35,50)51/h4,7-9,12-13,15,22,25-26,28,36-37H,5-6,14,16-17H2,1-3H3,(H,53,61)(H,54,56,58)/t25-,26+,28-/m0/s1. The van der Waals surface area contributed by atoms with Gasteiger partial charge in [-0.3, -0.25) is 19.5 Å². The highest BCUT2D eigenvalue weighted by Gasteiger charge is 2.67. The average molecular weight is 948 g/mol. The Balaban J connectivity index is 1.18. The second-order valence-electron chi connectivity index (χ2n) is 16.6. The summed E-state index contributed by atoms with van der Waals surface area (Å²) in [7, 11) is -2.18. The van der Waals surface area contributed by atoms with E-state index in [1.165, 1.54) is 43.8 Å². The van der Waals surface area contributed by atoms with Crippen LogP contribution in [0.25, 0.3) is 22.0 Å². The molecule has 2 saturated carbocycles. The highest BCUT2D eigenvalue weighted by Crippen LogP contribution is 2.68. The van der Waals surface area contributed by atoms with E-state index in [0.717, 1.165) is 12.1 Å². The first-order valence-corrected chi connectivity index (χ1v) is 21.9. The Hall–Kier alpha value is -6.08. The number of rotatable bonds is 13. The Morgan fingerprint density at radius 3 is 2.37 bits per heavy atom. The molecule has 3 aliphatic rings. The summed E-state index contributed by atoms with van der Waals surface area (Å²) in [5.74, 6) is -3.93. The molecule has 0 saturated heterocycles. The van der Waals surface area contributed by atoms with E-state index in [9.17, 15) is 39.6 Å². The van der Waals surface area contributed by atoms with Gasteiger partial charge in [0.2, 0.25) is 5.91 Å². The van der Waals surface area contributed by atoms with Gasteiger partial charge in [0, 0.05) is 35.7 Å². The normalized spacial score (nSPS) is 18.1. The van der Waals surface area contributed by atoms with Crippen LogP contribution in [0.1, 0.15) is 97.7 Å². The molecule has 3 atom stereocenters. The lowest BCUT2D eigenvalue weighted by atomic mass is 9.93. The average Bonchev–Trinajstić information content (AvgIpc) is 4.11. The van der Waals surface area contributed by atoms with Crippen LogP contribution in [-0.2, 0) is 40.6 Å². The van der Waals surface area contributed by atoms with Crippen molar-refractivity contribution in [3.63, 3.8) is 0 Å². The Morgan fingerprint density at radius 1 is 1.00 bits per heavy atom. The van der Waals surface area contributed by atoms with Crippen LogP contribution >= 0.6 is 11.6 Å². The van der Waals surface area contributed by atoms with Gasteiger partial charge in [-0.15, -0.1) is 5.10 Å². The quantitative estimate of drug-likeness (QED) is 0.0846. The zero-order valence-corrected chi connectivity index (χ0v) is 35.7. The number of carbonyl (C=O) groups is 1. The SMILES string of the molecule is Cn1nc(Nc2nnc(C(F)F)o2)c2c(Cl)ccc(-c3ccc(C#CC(C)(C)S(=O)(=O)C4CC4)nc3[C@H](Cc3cc(F)cc(F)c3)NC(=O)Cn3nc(C(F)F)c4c3C(F)(F)[C@@H]3C[C@H]43)c21. The number of anilines is 2. The number of sulfone groups is 1. The van der Waals surface area contributed by atoms with E-state index in [2.05, 4.69) is 42.9 Å². The monoisotopic (exact) mass is 947 g/mol. The summed E-state index contributed by atoms with van der Waals surface area (Å²) in [5.41, 5.74) is -1.19. The number of pyridine rings is 1. The third-order valence-corrected chi connectivity index (χ3v) is 14.8. The summed E-state index contributed by atoms with van der Waals surface area (Å²) in [4.78, 5) is 18.9. The molecule has 65 heavy (non-hydrogen) atoms. The smallest absolute Gasteiger partial charge is 0.321 e. The number of aryl methyl sites for hydroxylation is 1. The highest BCUT2D eigenvalue weighted by atomic mass is 35.5. The van der Waals surface area contributed by atoms with Gasteiger partial charge in [-0.25, -0.2) is 31.0 Å². The zero-order valence-electron chi connectivity index (χ0n) is 34.1. The summed E-state index contributed by atoms with van der Waals surface area (Å²) < 4.78 is 147. The molecule has 4 heterocycles. The van der Waals surface area contributed by atoms with Crippen LogP contribution in [0, 0.1) is 29.4 Å². The molecule has 6 aromatic rings. The lowest BCUT2D eigenvalue weighted by Crippen LogP contribution is -2.35. The van der Waals surface area contributed by atoms with Crippen LogP contribution in [0.2, 0.25) is 5.02 Å². The van der Waals surface area contributed by atoms with Crippen LogP contribution < -0.4 is 10.6 Å². The number of aromatic nitrogens is 7. The summed E-state index contributed by atoms with van der Waals surface area (Å²) in [6.07, 6.45) is -5.72. The second-order valence-corrected chi connectivity index (χ2v) is 19.8. The number of amides is 1. The molecule has 0 aliphatic heterocycles. The molecule has 13 nitrogen and oxygen atoms in total. The molecule has 23 heteroatoms. The molecule has 0 bridgehead atoms. The molecule has 3 aliphatic carbocycles. The van der Waals surface area contributed by atoms with Crippen molar-refractivity contribution in [2.45, 2.75) is 86.8 Å². The zero-order chi connectivity index (χ0) is 46.5. The van der Waals surface area contributed by atoms with Gasteiger partial charge in [0.25, 0.3) is 18.2 Å². The summed E-state index contributed by atoms with van der Waals surface area (Å²) in [6.45, 7) is 1.93. The summed E-state index contributed by atoms with van der Waals surface area (Å²) in [5, 5.41) is 20.2. The molecule has 0 unspecified atom stereocenters. The van der Waals surface area contributed by atoms with Crippen LogP contribution in [0.4, 0.5) is 47.0 Å². The first-order chi connectivity index (χ1) is 30.6. The van der Waals surface area contributed by atoms with Crippen LogP contribution in [0.5, 0.6) is 0 Å². The number of hydrogen-bond acceptors (Lipinski definition) is 10. The lowest BCUT2D eigenvalue weighted by molar-refractivity contribution is -0.123. The number of benzene rings is 2. The van der Waals surface area contributed by atoms with Crippen molar-refractivity contribution < 1.29 is 52.8 Å². The number of carbonyl (C=O) groups excluding carboxylic acids is 1. The van der Waals surface area contributed by atoms with E-state index in [0.29, 0.717) is 29.2 Å². The maximum atomic E-state index is 15.5. The van der Waals surface area contributed by atoms with Crippen LogP contribution in [0.3, 0.4) is 0 Å². The first-order valence-electron chi connectivity index (χ1n) is 20.0. The second kappa shape index (κ2) is 15.8. The molecule has 9 rings (SSSR count). The molecule has 1 amide bonds. The van der Waals surface area contributed by atoms with Crippen molar-refractivity contribution in [2.24, 2.45) is 13.0 Å². The van der Waals surface area contributed by atoms with E-state index in [1.807, 2.05) is 0 Å². The van der Waals surface area contributed by atoms with E-state index >= 15 is 8.78 Å². The Labute approximate surface area is 368 Å². The fourth-order valence-electron chi connectivity index (χ4n) is 8.41. The Bertz CT molecular complexity index is 3080. The van der Waals surface area contributed by atoms with Crippen molar-refractivity contribution in [3.8, 4) is 23.0 Å². The molecule has 0 spiro atoms. The minimum absolute atomic E-state index is 0.00344. The van der Waals surface area contributed by atoms with Gasteiger partial charge in [-0.1, -0.05) is 28.7 Å². The maximum absolute atomic E-state index is 15.5. The predicted octanol–water partition coefficient (Wildman–Crippen LogP) is 8.78. The summed E-state index contributed by atoms with van der Waals surface area (Å²) in [6, 6.07) is 6.77. The number of nitrogens with one attached hydrogen (secondary N) is 2. The molecule has 0 radical (unpaired) electrons. The van der Waals surface area contributed by atoms with Crippen molar-refractivity contribution in [1.82, 2.24) is 40.1 Å². The van der Waals surface area contributed by atoms with Gasteiger partial charge in [0.15, 0.2) is 15.7 Å². The van der Waals surface area contributed by atoms with Gasteiger partial charge in [-0.2, -0.15) is 27.8 Å². The predicted molar refractivity (Wildman–Crippen MR) is 217 cm³/mol. The van der Waals surface area contributed by atoms with Gasteiger partial charge in [0.1, 0.15) is 40.0 Å². The van der Waals surface area contributed by atoms with E-state index < -0.39 is 110 Å². The number of nitrogens with zero attached hydrogens (tertiary/aromatic N) is 7. The van der Waals surface area contributed by atoms with Gasteiger partial charge in [-0.05, 0) is 87.3 Å². The number of hydrogen-bond donors (Lipinski definition) is 2. The highest BCUT2D eigenvalue weighted by molar-refractivity contribution is 7.93. The van der Waals surface area contributed by atoms with E-state index in [1.54, 1.807) is 6.07 Å². The molecule has 2 aromatic carbocycles. The fourth-order valence-corrected chi connectivity index (χ4v) is 10.4. The molecule has 4 aromatic heterocycles. The van der Waals surface area contributed by atoms with Crippen LogP contribution in [-0.4, -0.2) is 59.1 Å². The topological polar surface area (TPSA) is 163 Å². The Kier molecular flexibility index (Phi) is 10.7. The minimum atomic E-state index is -3.70. The molecule has 2 fully saturated rings. The van der Waals surface area contributed by atoms with Crippen molar-refractivity contribution in [1.29, 1.82) is 0 Å². The molecule has 340 valence electrons. The van der Waals surface area contributed by atoms with E-state index in [4.69, 9.17) is 21.0 Å². The van der Waals surface area contributed by atoms with Crippen molar-refractivity contribution >= 4 is 50.1 Å². The van der Waals surface area contributed by atoms with E-state index in [-0.39, 0.29) is 56.2 Å². The molecule has 2 N–H and O–H groups in total. The van der Waals surface area contributed by atoms with Crippen molar-refractivity contribution in [3.05, 3.63) is 98.9 Å². The van der Waals surface area contributed by atoms with Gasteiger partial charge < -0.3 is 9.73 Å². The lowest BCUT2D eigenvalue weighted by Gasteiger charge is -2.23. The minimum Gasteiger partial charge on any atom is -0.402 e. The fraction of sp³-hybridized carbons (Fsp3) is 0.381.